The molecule has 1 amide bonds. The van der Waals surface area contributed by atoms with E-state index in [2.05, 4.69) is 54.1 Å². The third-order valence-corrected chi connectivity index (χ3v) is 5.56. The van der Waals surface area contributed by atoms with Gasteiger partial charge in [-0.1, -0.05) is 44.2 Å². The van der Waals surface area contributed by atoms with Gasteiger partial charge in [0, 0.05) is 24.6 Å². The first-order valence-electron chi connectivity index (χ1n) is 9.93. The average molecular weight is 361 g/mol. The summed E-state index contributed by atoms with van der Waals surface area (Å²) in [6.45, 7) is 5.91. The molecule has 0 unspecified atom stereocenters. The molecule has 0 spiro atoms. The van der Waals surface area contributed by atoms with Crippen LogP contribution >= 0.6 is 0 Å². The number of aromatic amines is 1. The van der Waals surface area contributed by atoms with Crippen molar-refractivity contribution in [1.82, 2.24) is 14.9 Å². The molecule has 1 aliphatic heterocycles. The molecule has 4 heteroatoms. The Labute approximate surface area is 160 Å². The maximum absolute atomic E-state index is 12.9. The molecule has 1 fully saturated rings. The quantitative estimate of drug-likeness (QED) is 0.727. The molecule has 3 aromatic rings. The summed E-state index contributed by atoms with van der Waals surface area (Å²) in [6.07, 6.45) is 3.26. The van der Waals surface area contributed by atoms with E-state index >= 15 is 0 Å². The number of hydrogen-bond donors (Lipinski definition) is 1. The largest absolute Gasteiger partial charge is 0.342 e. The van der Waals surface area contributed by atoms with Gasteiger partial charge in [-0.2, -0.15) is 0 Å². The molecule has 27 heavy (non-hydrogen) atoms. The van der Waals surface area contributed by atoms with Gasteiger partial charge in [0.1, 0.15) is 5.82 Å². The number of nitrogens with zero attached hydrogens (tertiary/aromatic N) is 2. The molecule has 1 saturated heterocycles. The molecule has 1 aromatic heterocycles. The highest BCUT2D eigenvalue weighted by molar-refractivity contribution is 5.97. The highest BCUT2D eigenvalue weighted by Gasteiger charge is 2.24. The molecule has 4 rings (SSSR count). The summed E-state index contributed by atoms with van der Waals surface area (Å²) in [5.74, 6) is 2.12. The number of benzene rings is 2. The Morgan fingerprint density at radius 2 is 1.89 bits per heavy atom. The van der Waals surface area contributed by atoms with Gasteiger partial charge in [0.2, 0.25) is 0 Å². The van der Waals surface area contributed by atoms with Crippen molar-refractivity contribution >= 4 is 16.9 Å². The van der Waals surface area contributed by atoms with Gasteiger partial charge in [-0.25, -0.2) is 4.98 Å². The number of amides is 1. The van der Waals surface area contributed by atoms with Crippen LogP contribution in [-0.2, 0) is 6.42 Å². The second-order valence-electron chi connectivity index (χ2n) is 7.93. The van der Waals surface area contributed by atoms with Crippen LogP contribution in [0.2, 0.25) is 0 Å². The van der Waals surface area contributed by atoms with E-state index in [4.69, 9.17) is 0 Å². The van der Waals surface area contributed by atoms with Crippen molar-refractivity contribution in [3.8, 4) is 0 Å². The SMILES string of the molecule is CC(C)c1nc2ccc(C(=O)N3CCC(Cc4ccccc4)CC3)cc2[nH]1. The Bertz CT molecular complexity index is 921. The van der Waals surface area contributed by atoms with Crippen molar-refractivity contribution in [2.24, 2.45) is 5.92 Å². The lowest BCUT2D eigenvalue weighted by molar-refractivity contribution is 0.0690. The molecule has 0 atom stereocenters. The lowest BCUT2D eigenvalue weighted by Crippen LogP contribution is -2.38. The van der Waals surface area contributed by atoms with E-state index in [0.29, 0.717) is 11.8 Å². The van der Waals surface area contributed by atoms with Crippen LogP contribution < -0.4 is 0 Å². The Morgan fingerprint density at radius 3 is 2.59 bits per heavy atom. The van der Waals surface area contributed by atoms with E-state index in [-0.39, 0.29) is 5.91 Å². The van der Waals surface area contributed by atoms with Crippen LogP contribution in [0.4, 0.5) is 0 Å². The summed E-state index contributed by atoms with van der Waals surface area (Å²) in [5.41, 5.74) is 4.02. The standard InChI is InChI=1S/C23H27N3O/c1-16(2)22-24-20-9-8-19(15-21(20)25-22)23(27)26-12-10-18(11-13-26)14-17-6-4-3-5-7-17/h3-9,15-16,18H,10-14H2,1-2H3,(H,24,25). The number of rotatable bonds is 4. The number of aromatic nitrogens is 2. The van der Waals surface area contributed by atoms with Crippen LogP contribution in [0.1, 0.15) is 54.4 Å². The van der Waals surface area contributed by atoms with E-state index in [0.717, 1.165) is 54.8 Å². The van der Waals surface area contributed by atoms with Crippen LogP contribution in [0, 0.1) is 5.92 Å². The summed E-state index contributed by atoms with van der Waals surface area (Å²) in [7, 11) is 0. The van der Waals surface area contributed by atoms with Crippen LogP contribution in [-0.4, -0.2) is 33.9 Å². The topological polar surface area (TPSA) is 49.0 Å². The van der Waals surface area contributed by atoms with Gasteiger partial charge in [0.25, 0.3) is 5.91 Å². The number of carbonyl (C=O) groups excluding carboxylic acids is 1. The first-order chi connectivity index (χ1) is 13.1. The third-order valence-electron chi connectivity index (χ3n) is 5.56. The molecule has 2 aromatic carbocycles. The molecular formula is C23H27N3O. The first-order valence-corrected chi connectivity index (χ1v) is 9.93. The van der Waals surface area contributed by atoms with Crippen molar-refractivity contribution in [1.29, 1.82) is 0 Å². The van der Waals surface area contributed by atoms with E-state index < -0.39 is 0 Å². The molecular weight excluding hydrogens is 334 g/mol. The molecule has 0 aliphatic carbocycles. The molecule has 140 valence electrons. The number of nitrogens with one attached hydrogen (secondary N) is 1. The lowest BCUT2D eigenvalue weighted by atomic mass is 9.90. The summed E-state index contributed by atoms with van der Waals surface area (Å²) in [5, 5.41) is 0. The Balaban J connectivity index is 1.41. The van der Waals surface area contributed by atoms with E-state index in [9.17, 15) is 4.79 Å². The lowest BCUT2D eigenvalue weighted by Gasteiger charge is -2.32. The summed E-state index contributed by atoms with van der Waals surface area (Å²) in [6, 6.07) is 16.5. The highest BCUT2D eigenvalue weighted by atomic mass is 16.2. The smallest absolute Gasteiger partial charge is 0.253 e. The van der Waals surface area contributed by atoms with Crippen molar-refractivity contribution in [3.63, 3.8) is 0 Å². The van der Waals surface area contributed by atoms with Crippen LogP contribution in [0.5, 0.6) is 0 Å². The molecule has 1 aliphatic rings. The summed E-state index contributed by atoms with van der Waals surface area (Å²) >= 11 is 0. The molecule has 0 bridgehead atoms. The minimum atomic E-state index is 0.135. The summed E-state index contributed by atoms with van der Waals surface area (Å²) in [4.78, 5) is 22.9. The van der Waals surface area contributed by atoms with Crippen molar-refractivity contribution in [3.05, 3.63) is 65.5 Å². The fourth-order valence-electron chi connectivity index (χ4n) is 3.91. The van der Waals surface area contributed by atoms with Gasteiger partial charge in [-0.15, -0.1) is 0 Å². The minimum Gasteiger partial charge on any atom is -0.342 e. The zero-order valence-corrected chi connectivity index (χ0v) is 16.1. The van der Waals surface area contributed by atoms with Crippen LogP contribution in [0.25, 0.3) is 11.0 Å². The average Bonchev–Trinajstić information content (AvgIpc) is 3.12. The maximum atomic E-state index is 12.9. The number of likely N-dealkylation sites (tertiary alicyclic amines) is 1. The molecule has 2 heterocycles. The van der Waals surface area contributed by atoms with Crippen molar-refractivity contribution in [2.75, 3.05) is 13.1 Å². The van der Waals surface area contributed by atoms with Crippen LogP contribution in [0.15, 0.2) is 48.5 Å². The number of piperidine rings is 1. The number of fused-ring (bicyclic) bond motifs is 1. The minimum absolute atomic E-state index is 0.135. The number of carbonyl (C=O) groups is 1. The fraction of sp³-hybridized carbons (Fsp3) is 0.391. The molecule has 0 saturated carbocycles. The first kappa shape index (κ1) is 17.8. The molecule has 1 N–H and O–H groups in total. The van der Waals surface area contributed by atoms with E-state index in [1.54, 1.807) is 0 Å². The van der Waals surface area contributed by atoms with Crippen molar-refractivity contribution < 1.29 is 4.79 Å². The van der Waals surface area contributed by atoms with Gasteiger partial charge < -0.3 is 9.88 Å². The predicted octanol–water partition coefficient (Wildman–Crippen LogP) is 4.78. The van der Waals surface area contributed by atoms with Gasteiger partial charge >= 0.3 is 0 Å². The van der Waals surface area contributed by atoms with Crippen LogP contribution in [0.3, 0.4) is 0 Å². The van der Waals surface area contributed by atoms with Gasteiger partial charge in [0.15, 0.2) is 0 Å². The second kappa shape index (κ2) is 7.55. The molecule has 4 nitrogen and oxygen atoms in total. The maximum Gasteiger partial charge on any atom is 0.253 e. The Kier molecular flexibility index (Phi) is 4.97. The zero-order chi connectivity index (χ0) is 18.8. The fourth-order valence-corrected chi connectivity index (χ4v) is 3.91. The van der Waals surface area contributed by atoms with Gasteiger partial charge in [-0.3, -0.25) is 4.79 Å². The third kappa shape index (κ3) is 3.90. The predicted molar refractivity (Wildman–Crippen MR) is 109 cm³/mol. The summed E-state index contributed by atoms with van der Waals surface area (Å²) < 4.78 is 0. The number of imidazole rings is 1. The monoisotopic (exact) mass is 361 g/mol. The zero-order valence-electron chi connectivity index (χ0n) is 16.1. The molecule has 0 radical (unpaired) electrons. The van der Waals surface area contributed by atoms with E-state index in [1.165, 1.54) is 5.56 Å². The van der Waals surface area contributed by atoms with Gasteiger partial charge in [-0.05, 0) is 48.9 Å². The van der Waals surface area contributed by atoms with Gasteiger partial charge in [0.05, 0.1) is 11.0 Å². The normalized spacial score (nSPS) is 15.6. The number of hydrogen-bond acceptors (Lipinski definition) is 2. The second-order valence-corrected chi connectivity index (χ2v) is 7.93. The Hall–Kier alpha value is -2.62. The van der Waals surface area contributed by atoms with E-state index in [1.807, 2.05) is 23.1 Å². The Morgan fingerprint density at radius 1 is 1.15 bits per heavy atom. The number of H-pyrrole nitrogens is 1. The van der Waals surface area contributed by atoms with Crippen molar-refractivity contribution in [2.45, 2.75) is 39.0 Å². The highest BCUT2D eigenvalue weighted by Crippen LogP contribution is 2.24.